The van der Waals surface area contributed by atoms with E-state index >= 15 is 0 Å². The van der Waals surface area contributed by atoms with Gasteiger partial charge in [-0.3, -0.25) is 4.79 Å². The number of carboxylic acids is 1. The van der Waals surface area contributed by atoms with E-state index in [2.05, 4.69) is 24.5 Å². The molecule has 0 bridgehead atoms. The molecule has 0 aliphatic heterocycles. The molecule has 5 heteroatoms. The predicted molar refractivity (Wildman–Crippen MR) is 69.4 cm³/mol. The maximum absolute atomic E-state index is 11.6. The third-order valence-electron chi connectivity index (χ3n) is 3.62. The lowest BCUT2D eigenvalue weighted by Gasteiger charge is -2.16. The summed E-state index contributed by atoms with van der Waals surface area (Å²) in [4.78, 5) is 22.3. The predicted octanol–water partition coefficient (Wildman–Crippen LogP) is 1.98. The summed E-state index contributed by atoms with van der Waals surface area (Å²) in [7, 11) is 0. The number of nitrogens with one attached hydrogen (secondary N) is 2. The van der Waals surface area contributed by atoms with E-state index < -0.39 is 5.97 Å². The number of hydrogen-bond donors (Lipinski definition) is 3. The van der Waals surface area contributed by atoms with Crippen LogP contribution in [-0.2, 0) is 4.79 Å². The lowest BCUT2D eigenvalue weighted by atomic mass is 10.1. The summed E-state index contributed by atoms with van der Waals surface area (Å²) in [6, 6.07) is -0.530. The SMILES string of the molecule is CCCC(CC(=O)O)NC(=O)NCC1CC1(C)C. The van der Waals surface area contributed by atoms with Gasteiger partial charge in [-0.05, 0) is 24.2 Å². The van der Waals surface area contributed by atoms with E-state index in [0.717, 1.165) is 12.8 Å². The molecule has 2 atom stereocenters. The Morgan fingerprint density at radius 1 is 1.44 bits per heavy atom. The van der Waals surface area contributed by atoms with Crippen molar-refractivity contribution in [3.8, 4) is 0 Å². The maximum Gasteiger partial charge on any atom is 0.315 e. The number of aliphatic carboxylic acids is 1. The molecule has 0 aromatic heterocycles. The minimum Gasteiger partial charge on any atom is -0.481 e. The summed E-state index contributed by atoms with van der Waals surface area (Å²) in [6.45, 7) is 7.01. The molecule has 1 aliphatic carbocycles. The van der Waals surface area contributed by atoms with Gasteiger partial charge in [0.15, 0.2) is 0 Å². The van der Waals surface area contributed by atoms with Crippen molar-refractivity contribution in [3.05, 3.63) is 0 Å². The molecule has 0 radical (unpaired) electrons. The third-order valence-corrected chi connectivity index (χ3v) is 3.62. The van der Waals surface area contributed by atoms with Gasteiger partial charge in [-0.2, -0.15) is 0 Å². The molecule has 104 valence electrons. The topological polar surface area (TPSA) is 78.4 Å². The second-order valence-corrected chi connectivity index (χ2v) is 5.83. The van der Waals surface area contributed by atoms with Crippen LogP contribution in [0.4, 0.5) is 4.79 Å². The van der Waals surface area contributed by atoms with Gasteiger partial charge in [0.25, 0.3) is 0 Å². The third kappa shape index (κ3) is 4.94. The molecule has 1 rings (SSSR count). The summed E-state index contributed by atoms with van der Waals surface area (Å²) in [6.07, 6.45) is 2.67. The van der Waals surface area contributed by atoms with E-state index in [1.807, 2.05) is 6.92 Å². The van der Waals surface area contributed by atoms with E-state index in [1.165, 1.54) is 0 Å². The van der Waals surface area contributed by atoms with Crippen molar-refractivity contribution in [2.45, 2.75) is 52.5 Å². The van der Waals surface area contributed by atoms with Gasteiger partial charge in [-0.25, -0.2) is 4.79 Å². The van der Waals surface area contributed by atoms with Crippen molar-refractivity contribution in [1.82, 2.24) is 10.6 Å². The van der Waals surface area contributed by atoms with E-state index in [1.54, 1.807) is 0 Å². The Labute approximate surface area is 108 Å². The summed E-state index contributed by atoms with van der Waals surface area (Å²) in [5.41, 5.74) is 0.344. The van der Waals surface area contributed by atoms with Gasteiger partial charge in [0.2, 0.25) is 0 Å². The zero-order chi connectivity index (χ0) is 13.8. The first-order chi connectivity index (χ1) is 8.35. The highest BCUT2D eigenvalue weighted by atomic mass is 16.4. The summed E-state index contributed by atoms with van der Waals surface area (Å²) < 4.78 is 0. The van der Waals surface area contributed by atoms with Crippen molar-refractivity contribution in [1.29, 1.82) is 0 Å². The number of hydrogen-bond acceptors (Lipinski definition) is 2. The van der Waals surface area contributed by atoms with Gasteiger partial charge in [0.1, 0.15) is 0 Å². The van der Waals surface area contributed by atoms with Crippen LogP contribution in [0.1, 0.15) is 46.5 Å². The highest BCUT2D eigenvalue weighted by molar-refractivity contribution is 5.75. The van der Waals surface area contributed by atoms with Crippen LogP contribution in [0.3, 0.4) is 0 Å². The Morgan fingerprint density at radius 2 is 2.06 bits per heavy atom. The molecule has 2 amide bonds. The molecule has 0 spiro atoms. The second-order valence-electron chi connectivity index (χ2n) is 5.83. The Hall–Kier alpha value is -1.26. The summed E-state index contributed by atoms with van der Waals surface area (Å²) in [5, 5.41) is 14.3. The fourth-order valence-electron chi connectivity index (χ4n) is 2.16. The van der Waals surface area contributed by atoms with Crippen molar-refractivity contribution in [2.75, 3.05) is 6.54 Å². The molecule has 0 aromatic rings. The molecule has 0 aromatic carbocycles. The first kappa shape index (κ1) is 14.8. The number of carboxylic acid groups (broad SMARTS) is 1. The second kappa shape index (κ2) is 6.07. The molecule has 1 fully saturated rings. The Balaban J connectivity index is 2.25. The van der Waals surface area contributed by atoms with E-state index in [-0.39, 0.29) is 18.5 Å². The Morgan fingerprint density at radius 3 is 2.50 bits per heavy atom. The van der Waals surface area contributed by atoms with Crippen molar-refractivity contribution >= 4 is 12.0 Å². The van der Waals surface area contributed by atoms with Crippen LogP contribution >= 0.6 is 0 Å². The van der Waals surface area contributed by atoms with E-state index in [0.29, 0.717) is 24.3 Å². The maximum atomic E-state index is 11.6. The molecule has 18 heavy (non-hydrogen) atoms. The van der Waals surface area contributed by atoms with Crippen LogP contribution in [-0.4, -0.2) is 29.7 Å². The first-order valence-corrected chi connectivity index (χ1v) is 6.61. The summed E-state index contributed by atoms with van der Waals surface area (Å²) >= 11 is 0. The smallest absolute Gasteiger partial charge is 0.315 e. The monoisotopic (exact) mass is 256 g/mol. The van der Waals surface area contributed by atoms with Crippen LogP contribution in [0.2, 0.25) is 0 Å². The molecule has 0 saturated heterocycles. The molecule has 5 nitrogen and oxygen atoms in total. The molecule has 1 aliphatic rings. The van der Waals surface area contributed by atoms with Crippen LogP contribution in [0.5, 0.6) is 0 Å². The minimum atomic E-state index is -0.878. The van der Waals surface area contributed by atoms with Crippen molar-refractivity contribution in [3.63, 3.8) is 0 Å². The van der Waals surface area contributed by atoms with Gasteiger partial charge in [-0.15, -0.1) is 0 Å². The van der Waals surface area contributed by atoms with Crippen LogP contribution in [0.15, 0.2) is 0 Å². The largest absolute Gasteiger partial charge is 0.481 e. The first-order valence-electron chi connectivity index (χ1n) is 6.61. The highest BCUT2D eigenvalue weighted by Crippen LogP contribution is 2.50. The quantitative estimate of drug-likeness (QED) is 0.651. The molecule has 2 unspecified atom stereocenters. The highest BCUT2D eigenvalue weighted by Gasteiger charge is 2.45. The fraction of sp³-hybridized carbons (Fsp3) is 0.846. The zero-order valence-electron chi connectivity index (χ0n) is 11.5. The number of carbonyl (C=O) groups excluding carboxylic acids is 1. The summed E-state index contributed by atoms with van der Waals surface area (Å²) in [5.74, 6) is -0.329. The van der Waals surface area contributed by atoms with Crippen molar-refractivity contribution < 1.29 is 14.7 Å². The number of amides is 2. The number of urea groups is 1. The standard InChI is InChI=1S/C13H24N2O3/c1-4-5-10(6-11(16)17)15-12(18)14-8-9-7-13(9,2)3/h9-10H,4-8H2,1-3H3,(H,16,17)(H2,14,15,18). The lowest BCUT2D eigenvalue weighted by Crippen LogP contribution is -2.43. The van der Waals surface area contributed by atoms with Gasteiger partial charge >= 0.3 is 12.0 Å². The van der Waals surface area contributed by atoms with Gasteiger partial charge in [0, 0.05) is 12.6 Å². The van der Waals surface area contributed by atoms with E-state index in [4.69, 9.17) is 5.11 Å². The van der Waals surface area contributed by atoms with Gasteiger partial charge in [-0.1, -0.05) is 27.2 Å². The van der Waals surface area contributed by atoms with Crippen LogP contribution in [0.25, 0.3) is 0 Å². The number of carbonyl (C=O) groups is 2. The number of rotatable bonds is 7. The molecule has 1 saturated carbocycles. The molecular weight excluding hydrogens is 232 g/mol. The molecular formula is C13H24N2O3. The normalized spacial score (nSPS) is 22.1. The average Bonchev–Trinajstić information content (AvgIpc) is 2.83. The average molecular weight is 256 g/mol. The van der Waals surface area contributed by atoms with Crippen LogP contribution < -0.4 is 10.6 Å². The minimum absolute atomic E-state index is 0.0177. The lowest BCUT2D eigenvalue weighted by molar-refractivity contribution is -0.137. The zero-order valence-corrected chi connectivity index (χ0v) is 11.5. The van der Waals surface area contributed by atoms with Gasteiger partial charge < -0.3 is 15.7 Å². The Bertz CT molecular complexity index is 315. The fourth-order valence-corrected chi connectivity index (χ4v) is 2.16. The van der Waals surface area contributed by atoms with E-state index in [9.17, 15) is 9.59 Å². The van der Waals surface area contributed by atoms with Crippen LogP contribution in [0, 0.1) is 11.3 Å². The molecule has 3 N–H and O–H groups in total. The Kier molecular flexibility index (Phi) is 4.99. The molecule has 0 heterocycles. The van der Waals surface area contributed by atoms with Gasteiger partial charge in [0.05, 0.1) is 6.42 Å². The van der Waals surface area contributed by atoms with Crippen molar-refractivity contribution in [2.24, 2.45) is 11.3 Å².